The number of rotatable bonds is 6. The summed E-state index contributed by atoms with van der Waals surface area (Å²) in [5.41, 5.74) is 0.707. The lowest BCUT2D eigenvalue weighted by Gasteiger charge is -2.27. The molecule has 1 unspecified atom stereocenters. The molecule has 0 aliphatic heterocycles. The first kappa shape index (κ1) is 14.7. The molecule has 0 saturated heterocycles. The summed E-state index contributed by atoms with van der Waals surface area (Å²) in [5.74, 6) is 2.21. The van der Waals surface area contributed by atoms with Gasteiger partial charge in [0, 0.05) is 19.6 Å². The maximum atomic E-state index is 5.89. The van der Waals surface area contributed by atoms with E-state index in [-0.39, 0.29) is 0 Å². The molecule has 4 nitrogen and oxygen atoms in total. The number of halogens is 1. The van der Waals surface area contributed by atoms with E-state index in [0.29, 0.717) is 12.5 Å². The van der Waals surface area contributed by atoms with Gasteiger partial charge in [-0.1, -0.05) is 6.92 Å². The van der Waals surface area contributed by atoms with Crippen LogP contribution in [0.2, 0.25) is 0 Å². The van der Waals surface area contributed by atoms with Gasteiger partial charge in [0.1, 0.15) is 11.4 Å². The van der Waals surface area contributed by atoms with Crippen molar-refractivity contribution in [1.29, 1.82) is 0 Å². The lowest BCUT2D eigenvalue weighted by molar-refractivity contribution is -0.0391. The molecular formula is C14H22BrN3O. The molecule has 1 aromatic heterocycles. The van der Waals surface area contributed by atoms with E-state index in [0.717, 1.165) is 28.2 Å². The molecule has 0 spiro atoms. The van der Waals surface area contributed by atoms with Crippen LogP contribution in [0, 0.1) is 0 Å². The molecule has 1 aromatic rings. The van der Waals surface area contributed by atoms with E-state index in [1.807, 2.05) is 14.0 Å². The number of ether oxygens (including phenoxy) is 1. The highest BCUT2D eigenvalue weighted by molar-refractivity contribution is 9.10. The molecule has 0 bridgehead atoms. The SMILES string of the molecule is CCOC(C)(CC)c1nc(NC)c(Br)c(C2CC2)n1. The molecule has 1 aliphatic carbocycles. The van der Waals surface area contributed by atoms with Crippen molar-refractivity contribution in [3.63, 3.8) is 0 Å². The predicted octanol–water partition coefficient (Wildman–Crippen LogP) is 3.82. The zero-order chi connectivity index (χ0) is 14.0. The Morgan fingerprint density at radius 3 is 2.53 bits per heavy atom. The second-order valence-corrected chi connectivity index (χ2v) is 5.93. The second-order valence-electron chi connectivity index (χ2n) is 5.14. The molecule has 19 heavy (non-hydrogen) atoms. The van der Waals surface area contributed by atoms with Crippen LogP contribution in [0.15, 0.2) is 4.47 Å². The molecule has 1 atom stereocenters. The van der Waals surface area contributed by atoms with Crippen molar-refractivity contribution in [2.24, 2.45) is 0 Å². The monoisotopic (exact) mass is 327 g/mol. The summed E-state index contributed by atoms with van der Waals surface area (Å²) in [6, 6.07) is 0. The highest BCUT2D eigenvalue weighted by Gasteiger charge is 2.34. The van der Waals surface area contributed by atoms with Gasteiger partial charge in [0.25, 0.3) is 0 Å². The van der Waals surface area contributed by atoms with Gasteiger partial charge in [-0.3, -0.25) is 0 Å². The summed E-state index contributed by atoms with van der Waals surface area (Å²) < 4.78 is 6.89. The Kier molecular flexibility index (Phi) is 4.46. The summed E-state index contributed by atoms with van der Waals surface area (Å²) in [4.78, 5) is 9.41. The van der Waals surface area contributed by atoms with Crippen molar-refractivity contribution in [2.75, 3.05) is 19.0 Å². The molecule has 0 radical (unpaired) electrons. The molecule has 0 amide bonds. The van der Waals surface area contributed by atoms with Crippen LogP contribution in [0.5, 0.6) is 0 Å². The zero-order valence-corrected chi connectivity index (χ0v) is 13.7. The van der Waals surface area contributed by atoms with Crippen molar-refractivity contribution in [1.82, 2.24) is 9.97 Å². The largest absolute Gasteiger partial charge is 0.372 e. The van der Waals surface area contributed by atoms with Crippen LogP contribution in [0.1, 0.15) is 57.5 Å². The van der Waals surface area contributed by atoms with Crippen LogP contribution in [0.3, 0.4) is 0 Å². The Hall–Kier alpha value is -0.680. The summed E-state index contributed by atoms with van der Waals surface area (Å²) in [7, 11) is 1.89. The third-order valence-corrected chi connectivity index (χ3v) is 4.47. The van der Waals surface area contributed by atoms with Gasteiger partial charge in [-0.2, -0.15) is 0 Å². The molecule has 1 saturated carbocycles. The van der Waals surface area contributed by atoms with Crippen LogP contribution in [0.4, 0.5) is 5.82 Å². The highest BCUT2D eigenvalue weighted by Crippen LogP contribution is 2.44. The molecule has 106 valence electrons. The van der Waals surface area contributed by atoms with Crippen LogP contribution >= 0.6 is 15.9 Å². The third kappa shape index (κ3) is 2.92. The minimum atomic E-state index is -0.412. The van der Waals surface area contributed by atoms with Gasteiger partial charge in [0.15, 0.2) is 5.82 Å². The third-order valence-electron chi connectivity index (χ3n) is 3.69. The van der Waals surface area contributed by atoms with Gasteiger partial charge in [0.05, 0.1) is 10.2 Å². The van der Waals surface area contributed by atoms with Gasteiger partial charge in [-0.15, -0.1) is 0 Å². The second kappa shape index (κ2) is 5.75. The first-order valence-corrected chi connectivity index (χ1v) is 7.74. The molecule has 1 N–H and O–H groups in total. The van der Waals surface area contributed by atoms with Gasteiger partial charge in [-0.25, -0.2) is 9.97 Å². The predicted molar refractivity (Wildman–Crippen MR) is 80.5 cm³/mol. The topological polar surface area (TPSA) is 47.0 Å². The first-order valence-electron chi connectivity index (χ1n) is 6.95. The average molecular weight is 328 g/mol. The molecule has 2 rings (SSSR count). The Morgan fingerprint density at radius 1 is 1.37 bits per heavy atom. The molecule has 1 heterocycles. The van der Waals surface area contributed by atoms with Crippen LogP contribution < -0.4 is 5.32 Å². The molecule has 0 aromatic carbocycles. The van der Waals surface area contributed by atoms with Gasteiger partial charge in [0.2, 0.25) is 0 Å². The maximum absolute atomic E-state index is 5.89. The minimum Gasteiger partial charge on any atom is -0.372 e. The van der Waals surface area contributed by atoms with Crippen LogP contribution in [0.25, 0.3) is 0 Å². The fourth-order valence-electron chi connectivity index (χ4n) is 2.14. The van der Waals surface area contributed by atoms with E-state index in [1.165, 1.54) is 12.8 Å². The molecule has 5 heteroatoms. The molecular weight excluding hydrogens is 306 g/mol. The normalized spacial score (nSPS) is 18.2. The van der Waals surface area contributed by atoms with E-state index in [1.54, 1.807) is 0 Å². The highest BCUT2D eigenvalue weighted by atomic mass is 79.9. The summed E-state index contributed by atoms with van der Waals surface area (Å²) >= 11 is 3.62. The fraction of sp³-hybridized carbons (Fsp3) is 0.714. The number of nitrogens with one attached hydrogen (secondary N) is 1. The van der Waals surface area contributed by atoms with Crippen molar-refractivity contribution >= 4 is 21.7 Å². The van der Waals surface area contributed by atoms with E-state index in [4.69, 9.17) is 9.72 Å². The fourth-order valence-corrected chi connectivity index (χ4v) is 2.84. The first-order chi connectivity index (χ1) is 9.05. The van der Waals surface area contributed by atoms with Gasteiger partial charge >= 0.3 is 0 Å². The number of nitrogens with zero attached hydrogens (tertiary/aromatic N) is 2. The van der Waals surface area contributed by atoms with Crippen LogP contribution in [-0.4, -0.2) is 23.6 Å². The van der Waals surface area contributed by atoms with E-state index in [2.05, 4.69) is 40.1 Å². The van der Waals surface area contributed by atoms with Crippen molar-refractivity contribution in [3.05, 3.63) is 16.0 Å². The standard InChI is InChI=1S/C14H22BrN3O/c1-5-14(3,19-6-2)13-17-11(9-7-8-9)10(15)12(16-4)18-13/h9H,5-8H2,1-4H3,(H,16,17,18). The number of hydrogen-bond donors (Lipinski definition) is 1. The smallest absolute Gasteiger partial charge is 0.162 e. The Bertz CT molecular complexity index is 462. The quantitative estimate of drug-likeness (QED) is 0.862. The van der Waals surface area contributed by atoms with Gasteiger partial charge < -0.3 is 10.1 Å². The van der Waals surface area contributed by atoms with Crippen LogP contribution in [-0.2, 0) is 10.3 Å². The van der Waals surface area contributed by atoms with E-state index >= 15 is 0 Å². The Balaban J connectivity index is 2.47. The summed E-state index contributed by atoms with van der Waals surface area (Å²) in [5, 5.41) is 3.14. The van der Waals surface area contributed by atoms with E-state index < -0.39 is 5.60 Å². The minimum absolute atomic E-state index is 0.412. The zero-order valence-electron chi connectivity index (χ0n) is 12.1. The van der Waals surface area contributed by atoms with Crippen molar-refractivity contribution in [3.8, 4) is 0 Å². The summed E-state index contributed by atoms with van der Waals surface area (Å²) in [6.07, 6.45) is 3.29. The number of hydrogen-bond acceptors (Lipinski definition) is 4. The van der Waals surface area contributed by atoms with Crippen molar-refractivity contribution in [2.45, 2.75) is 51.6 Å². The number of anilines is 1. The summed E-state index contributed by atoms with van der Waals surface area (Å²) in [6.45, 7) is 6.84. The Morgan fingerprint density at radius 2 is 2.05 bits per heavy atom. The lowest BCUT2D eigenvalue weighted by Crippen LogP contribution is -2.28. The van der Waals surface area contributed by atoms with Crippen molar-refractivity contribution < 1.29 is 4.74 Å². The molecule has 1 fully saturated rings. The lowest BCUT2D eigenvalue weighted by atomic mass is 10.0. The average Bonchev–Trinajstić information content (AvgIpc) is 3.23. The maximum Gasteiger partial charge on any atom is 0.162 e. The molecule has 1 aliphatic rings. The van der Waals surface area contributed by atoms with E-state index in [9.17, 15) is 0 Å². The Labute approximate surface area is 123 Å². The number of aromatic nitrogens is 2. The van der Waals surface area contributed by atoms with Gasteiger partial charge in [-0.05, 0) is 49.0 Å².